The Bertz CT molecular complexity index is 1970. The van der Waals surface area contributed by atoms with E-state index in [2.05, 4.69) is 25.3 Å². The highest BCUT2D eigenvalue weighted by molar-refractivity contribution is 7.92. The lowest BCUT2D eigenvalue weighted by atomic mass is 9.96. The number of carbonyl (C=O) groups is 1. The molecule has 0 aliphatic carbocycles. The van der Waals surface area contributed by atoms with Gasteiger partial charge < -0.3 is 20.1 Å². The van der Waals surface area contributed by atoms with E-state index in [4.69, 9.17) is 21.1 Å². The fraction of sp³-hybridized carbons (Fsp3) is 0.323. The number of nitrogens with one attached hydrogen (secondary N) is 3. The van der Waals surface area contributed by atoms with Crippen molar-refractivity contribution in [1.29, 1.82) is 0 Å². The van der Waals surface area contributed by atoms with E-state index in [1.807, 2.05) is 0 Å². The maximum absolute atomic E-state index is 16.1. The molecule has 4 aromatic rings. The van der Waals surface area contributed by atoms with Crippen molar-refractivity contribution in [3.05, 3.63) is 70.1 Å². The van der Waals surface area contributed by atoms with E-state index >= 15 is 13.2 Å². The number of piperidine rings is 1. The van der Waals surface area contributed by atoms with Gasteiger partial charge in [-0.25, -0.2) is 31.6 Å². The third kappa shape index (κ3) is 6.04. The average molecular weight is 676 g/mol. The van der Waals surface area contributed by atoms with Crippen LogP contribution in [-0.4, -0.2) is 50.1 Å². The van der Waals surface area contributed by atoms with Gasteiger partial charge in [0.05, 0.1) is 22.2 Å². The number of hydrogen-bond donors (Lipinski definition) is 3. The van der Waals surface area contributed by atoms with E-state index in [1.165, 1.54) is 25.3 Å². The predicted octanol–water partition coefficient (Wildman–Crippen LogP) is 5.89. The number of anilines is 2. The SMILES string of the molecule is CCc1cc(-c2c(F)ccc(NS(=O)(=O)c3cc(Cl)cc4c3OC[C@H]4OC(C)=O)c2F)c(F)c2cnc(NC3CCNCC3)nc12. The van der Waals surface area contributed by atoms with Crippen LogP contribution in [0.5, 0.6) is 5.75 Å². The maximum atomic E-state index is 16.1. The molecule has 10 nitrogen and oxygen atoms in total. The van der Waals surface area contributed by atoms with Gasteiger partial charge in [0.2, 0.25) is 5.95 Å². The number of rotatable bonds is 8. The Balaban J connectivity index is 1.38. The van der Waals surface area contributed by atoms with Crippen molar-refractivity contribution < 1.29 is 35.9 Å². The molecule has 1 aromatic heterocycles. The molecule has 0 saturated carbocycles. The number of benzene rings is 3. The average Bonchev–Trinajstić information content (AvgIpc) is 3.41. The molecule has 1 saturated heterocycles. The Morgan fingerprint density at radius 2 is 1.91 bits per heavy atom. The molecule has 0 spiro atoms. The number of fused-ring (bicyclic) bond motifs is 2. The number of nitrogens with zero attached hydrogens (tertiary/aromatic N) is 2. The van der Waals surface area contributed by atoms with Gasteiger partial charge in [0.1, 0.15) is 28.9 Å². The highest BCUT2D eigenvalue weighted by Gasteiger charge is 2.35. The second kappa shape index (κ2) is 12.6. The zero-order chi connectivity index (χ0) is 32.7. The van der Waals surface area contributed by atoms with Crippen molar-refractivity contribution >= 4 is 50.1 Å². The van der Waals surface area contributed by atoms with Gasteiger partial charge in [-0.2, -0.15) is 0 Å². The molecule has 2 aliphatic heterocycles. The van der Waals surface area contributed by atoms with E-state index in [9.17, 15) is 13.2 Å². The zero-order valence-electron chi connectivity index (χ0n) is 24.7. The predicted molar refractivity (Wildman–Crippen MR) is 166 cm³/mol. The molecule has 0 unspecified atom stereocenters. The Morgan fingerprint density at radius 3 is 2.63 bits per heavy atom. The molecule has 0 amide bonds. The molecule has 46 heavy (non-hydrogen) atoms. The van der Waals surface area contributed by atoms with Crippen LogP contribution in [0.3, 0.4) is 0 Å². The molecule has 1 atom stereocenters. The van der Waals surface area contributed by atoms with Crippen LogP contribution in [0.25, 0.3) is 22.0 Å². The molecule has 15 heteroatoms. The zero-order valence-corrected chi connectivity index (χ0v) is 26.3. The van der Waals surface area contributed by atoms with Crippen molar-refractivity contribution in [2.45, 2.75) is 50.2 Å². The number of esters is 1. The third-order valence-corrected chi connectivity index (χ3v) is 9.50. The van der Waals surface area contributed by atoms with E-state index in [-0.39, 0.29) is 34.4 Å². The van der Waals surface area contributed by atoms with Crippen molar-refractivity contribution in [2.24, 2.45) is 0 Å². The highest BCUT2D eigenvalue weighted by atomic mass is 35.5. The van der Waals surface area contributed by atoms with E-state index in [0.29, 0.717) is 23.4 Å². The van der Waals surface area contributed by atoms with Gasteiger partial charge in [0.15, 0.2) is 11.9 Å². The van der Waals surface area contributed by atoms with Crippen LogP contribution >= 0.6 is 11.6 Å². The van der Waals surface area contributed by atoms with Gasteiger partial charge in [-0.05, 0) is 68.2 Å². The monoisotopic (exact) mass is 675 g/mol. The molecule has 3 heterocycles. The number of hydrogen-bond acceptors (Lipinski definition) is 9. The third-order valence-electron chi connectivity index (χ3n) is 7.91. The van der Waals surface area contributed by atoms with Gasteiger partial charge >= 0.3 is 5.97 Å². The molecule has 0 radical (unpaired) electrons. The molecular weight excluding hydrogens is 647 g/mol. The van der Waals surface area contributed by atoms with Crippen LogP contribution in [0.2, 0.25) is 5.02 Å². The first-order valence-corrected chi connectivity index (χ1v) is 16.4. The summed E-state index contributed by atoms with van der Waals surface area (Å²) in [7, 11) is -4.61. The number of carbonyl (C=O) groups excluding carboxylic acids is 1. The van der Waals surface area contributed by atoms with Crippen LogP contribution in [0, 0.1) is 17.5 Å². The molecule has 242 valence electrons. The van der Waals surface area contributed by atoms with Crippen LogP contribution < -0.4 is 20.1 Å². The first-order valence-electron chi connectivity index (χ1n) is 14.6. The molecule has 2 aliphatic rings. The summed E-state index contributed by atoms with van der Waals surface area (Å²) in [6.07, 6.45) is 2.47. The summed E-state index contributed by atoms with van der Waals surface area (Å²) >= 11 is 6.18. The largest absolute Gasteiger partial charge is 0.487 e. The minimum absolute atomic E-state index is 0.0105. The summed E-state index contributed by atoms with van der Waals surface area (Å²) in [6.45, 7) is 4.53. The molecule has 1 fully saturated rings. The van der Waals surface area contributed by atoms with Gasteiger partial charge in [-0.3, -0.25) is 9.52 Å². The van der Waals surface area contributed by atoms with Crippen LogP contribution in [0.15, 0.2) is 41.4 Å². The first-order chi connectivity index (χ1) is 22.0. The number of aromatic nitrogens is 2. The highest BCUT2D eigenvalue weighted by Crippen LogP contribution is 2.43. The molecular formula is C31H29ClF3N5O5S. The maximum Gasteiger partial charge on any atom is 0.303 e. The first kappa shape index (κ1) is 31.8. The Labute approximate surface area is 267 Å². The van der Waals surface area contributed by atoms with E-state index < -0.39 is 61.3 Å². The van der Waals surface area contributed by atoms with Gasteiger partial charge in [0.25, 0.3) is 10.0 Å². The number of sulfonamides is 1. The summed E-state index contributed by atoms with van der Waals surface area (Å²) in [5.74, 6) is -3.83. The fourth-order valence-electron chi connectivity index (χ4n) is 5.71. The van der Waals surface area contributed by atoms with Crippen LogP contribution in [0.1, 0.15) is 43.9 Å². The molecule has 0 bridgehead atoms. The Morgan fingerprint density at radius 1 is 1.15 bits per heavy atom. The summed E-state index contributed by atoms with van der Waals surface area (Å²) in [5.41, 5.74) is -0.802. The second-order valence-corrected chi connectivity index (χ2v) is 13.1. The standard InChI is InChI=1S/C31H29ClF3N5O5S/c1-3-16-10-20(27(34)21-13-37-31(39-29(16)21)38-18-6-8-36-9-7-18)26-22(33)4-5-23(28(26)35)40-46(42,43)25-12-17(32)11-19-24(45-15(2)41)14-44-30(19)25/h4-5,10-13,18,24,36,40H,3,6-9,14H2,1-2H3,(H,37,38,39)/t24-/m1/s1. The summed E-state index contributed by atoms with van der Waals surface area (Å²) in [5, 5.41) is 6.50. The quantitative estimate of drug-likeness (QED) is 0.196. The Kier molecular flexibility index (Phi) is 8.70. The molecule has 3 N–H and O–H groups in total. The minimum atomic E-state index is -4.61. The van der Waals surface area contributed by atoms with E-state index in [0.717, 1.165) is 44.1 Å². The number of aryl methyl sites for hydroxylation is 1. The normalized spacial score (nSPS) is 16.6. The minimum Gasteiger partial charge on any atom is -0.487 e. The summed E-state index contributed by atoms with van der Waals surface area (Å²) in [6, 6.07) is 5.68. The Hall–Kier alpha value is -4.14. The van der Waals surface area contributed by atoms with Crippen molar-refractivity contribution in [3.8, 4) is 16.9 Å². The van der Waals surface area contributed by atoms with E-state index in [1.54, 1.807) is 6.92 Å². The van der Waals surface area contributed by atoms with Gasteiger partial charge in [-0.1, -0.05) is 18.5 Å². The summed E-state index contributed by atoms with van der Waals surface area (Å²) in [4.78, 5) is 19.8. The van der Waals surface area contributed by atoms with Crippen molar-refractivity contribution in [1.82, 2.24) is 15.3 Å². The van der Waals surface area contributed by atoms with Crippen molar-refractivity contribution in [3.63, 3.8) is 0 Å². The van der Waals surface area contributed by atoms with Crippen LogP contribution in [0.4, 0.5) is 24.8 Å². The number of ether oxygens (including phenoxy) is 2. The molecule has 6 rings (SSSR count). The van der Waals surface area contributed by atoms with Crippen molar-refractivity contribution in [2.75, 3.05) is 29.7 Å². The lowest BCUT2D eigenvalue weighted by Crippen LogP contribution is -2.35. The lowest BCUT2D eigenvalue weighted by Gasteiger charge is -2.23. The topological polar surface area (TPSA) is 132 Å². The second-order valence-electron chi connectivity index (χ2n) is 11.0. The van der Waals surface area contributed by atoms with Gasteiger partial charge in [0, 0.05) is 35.3 Å². The summed E-state index contributed by atoms with van der Waals surface area (Å²) < 4.78 is 87.3. The lowest BCUT2D eigenvalue weighted by molar-refractivity contribution is -0.147. The van der Waals surface area contributed by atoms with Crippen LogP contribution in [-0.2, 0) is 26.0 Å². The molecule has 3 aromatic carbocycles. The number of halogens is 4. The van der Waals surface area contributed by atoms with Gasteiger partial charge in [-0.15, -0.1) is 0 Å². The fourth-order valence-corrected chi connectivity index (χ4v) is 7.27. The smallest absolute Gasteiger partial charge is 0.303 e.